The van der Waals surface area contributed by atoms with Crippen LogP contribution in [0.15, 0.2) is 16.6 Å². The lowest BCUT2D eigenvalue weighted by Gasteiger charge is -2.32. The monoisotopic (exact) mass is 332 g/mol. The van der Waals surface area contributed by atoms with Gasteiger partial charge in [0.05, 0.1) is 4.47 Å². The van der Waals surface area contributed by atoms with Crippen LogP contribution in [0.3, 0.4) is 0 Å². The van der Waals surface area contributed by atoms with Crippen LogP contribution in [0.2, 0.25) is 0 Å². The minimum atomic E-state index is -0.482. The number of hydrogen-bond donors (Lipinski definition) is 1. The summed E-state index contributed by atoms with van der Waals surface area (Å²) in [6.07, 6.45) is 3.18. The highest BCUT2D eigenvalue weighted by molar-refractivity contribution is 9.10. The van der Waals surface area contributed by atoms with Crippen LogP contribution < -0.4 is 5.73 Å². The molecule has 0 atom stereocenters. The van der Waals surface area contributed by atoms with Gasteiger partial charge in [-0.05, 0) is 72.9 Å². The van der Waals surface area contributed by atoms with Crippen molar-refractivity contribution in [2.45, 2.75) is 25.8 Å². The molecule has 2 rings (SSSR count). The summed E-state index contributed by atoms with van der Waals surface area (Å²) in [5, 5.41) is 0. The zero-order valence-corrected chi connectivity index (χ0v) is 12.4. The second kappa shape index (κ2) is 6.77. The van der Waals surface area contributed by atoms with Gasteiger partial charge in [-0.2, -0.15) is 0 Å². The Bertz CT molecular complexity index is 432. The van der Waals surface area contributed by atoms with Crippen LogP contribution in [-0.2, 0) is 6.54 Å². The highest BCUT2D eigenvalue weighted by Gasteiger charge is 2.21. The summed E-state index contributed by atoms with van der Waals surface area (Å²) in [5.74, 6) is -0.285. The number of rotatable bonds is 4. The van der Waals surface area contributed by atoms with Crippen molar-refractivity contribution in [1.82, 2.24) is 4.90 Å². The van der Waals surface area contributed by atoms with Gasteiger partial charge < -0.3 is 5.73 Å². The molecule has 1 fully saturated rings. The normalized spacial score (nSPS) is 17.9. The van der Waals surface area contributed by atoms with Gasteiger partial charge in [0.25, 0.3) is 0 Å². The van der Waals surface area contributed by atoms with E-state index in [0.717, 1.165) is 38.9 Å². The van der Waals surface area contributed by atoms with E-state index < -0.39 is 11.6 Å². The van der Waals surface area contributed by atoms with Gasteiger partial charge in [0.2, 0.25) is 0 Å². The molecule has 2 nitrogen and oxygen atoms in total. The standard InChI is InChI=1S/C14H19BrF2N2/c15-12-1-2-13(16)11(14(12)17)9-19-7-4-10(3-6-18)5-8-19/h1-2,10H,3-9,18H2. The van der Waals surface area contributed by atoms with Gasteiger partial charge in [0, 0.05) is 12.1 Å². The molecule has 2 N–H and O–H groups in total. The molecule has 1 aromatic rings. The van der Waals surface area contributed by atoms with Crippen molar-refractivity contribution in [2.24, 2.45) is 11.7 Å². The second-order valence-electron chi connectivity index (χ2n) is 5.12. The Hall–Kier alpha value is -0.520. The van der Waals surface area contributed by atoms with Crippen molar-refractivity contribution in [2.75, 3.05) is 19.6 Å². The lowest BCUT2D eigenvalue weighted by Crippen LogP contribution is -2.34. The molecule has 0 bridgehead atoms. The highest BCUT2D eigenvalue weighted by Crippen LogP contribution is 2.25. The van der Waals surface area contributed by atoms with Crippen LogP contribution in [0.4, 0.5) is 8.78 Å². The van der Waals surface area contributed by atoms with Gasteiger partial charge in [-0.15, -0.1) is 0 Å². The summed E-state index contributed by atoms with van der Waals surface area (Å²) < 4.78 is 27.9. The van der Waals surface area contributed by atoms with E-state index in [9.17, 15) is 8.78 Å². The predicted octanol–water partition coefficient (Wildman–Crippen LogP) is 3.29. The molecular weight excluding hydrogens is 314 g/mol. The maximum atomic E-state index is 13.9. The summed E-state index contributed by atoms with van der Waals surface area (Å²) in [6.45, 7) is 2.83. The van der Waals surface area contributed by atoms with Crippen molar-refractivity contribution in [3.05, 3.63) is 33.8 Å². The summed E-state index contributed by atoms with van der Waals surface area (Å²) in [6, 6.07) is 2.71. The fraction of sp³-hybridized carbons (Fsp3) is 0.571. The molecule has 1 aliphatic rings. The number of benzene rings is 1. The highest BCUT2D eigenvalue weighted by atomic mass is 79.9. The largest absolute Gasteiger partial charge is 0.330 e. The zero-order chi connectivity index (χ0) is 13.8. The SMILES string of the molecule is NCCC1CCN(Cc2c(F)ccc(Br)c2F)CC1. The third-order valence-corrected chi connectivity index (χ3v) is 4.42. The fourth-order valence-electron chi connectivity index (χ4n) is 2.61. The topological polar surface area (TPSA) is 29.3 Å². The molecule has 19 heavy (non-hydrogen) atoms. The van der Waals surface area contributed by atoms with Gasteiger partial charge in [-0.1, -0.05) is 0 Å². The number of likely N-dealkylation sites (tertiary alicyclic amines) is 1. The lowest BCUT2D eigenvalue weighted by atomic mass is 9.93. The minimum absolute atomic E-state index is 0.159. The number of nitrogens with two attached hydrogens (primary N) is 1. The Morgan fingerprint density at radius 2 is 1.95 bits per heavy atom. The summed E-state index contributed by atoms with van der Waals surface area (Å²) in [7, 11) is 0. The minimum Gasteiger partial charge on any atom is -0.330 e. The Morgan fingerprint density at radius 3 is 2.58 bits per heavy atom. The summed E-state index contributed by atoms with van der Waals surface area (Å²) >= 11 is 3.10. The molecule has 1 saturated heterocycles. The van der Waals surface area contributed by atoms with E-state index in [2.05, 4.69) is 20.8 Å². The van der Waals surface area contributed by atoms with E-state index in [1.807, 2.05) is 0 Å². The molecule has 1 heterocycles. The molecule has 0 radical (unpaired) electrons. The third-order valence-electron chi connectivity index (χ3n) is 3.80. The van der Waals surface area contributed by atoms with Crippen LogP contribution in [0, 0.1) is 17.6 Å². The molecule has 0 aliphatic carbocycles. The fourth-order valence-corrected chi connectivity index (χ4v) is 2.98. The maximum absolute atomic E-state index is 13.9. The number of halogens is 3. The predicted molar refractivity (Wildman–Crippen MR) is 75.7 cm³/mol. The number of piperidine rings is 1. The Labute approximate surface area is 121 Å². The van der Waals surface area contributed by atoms with Crippen molar-refractivity contribution in [3.8, 4) is 0 Å². The number of nitrogens with zero attached hydrogens (tertiary/aromatic N) is 1. The Kier molecular flexibility index (Phi) is 5.30. The second-order valence-corrected chi connectivity index (χ2v) is 5.97. The molecule has 0 unspecified atom stereocenters. The summed E-state index contributed by atoms with van der Waals surface area (Å²) in [5.41, 5.74) is 5.71. The molecule has 106 valence electrons. The van der Waals surface area contributed by atoms with Gasteiger partial charge in [-0.25, -0.2) is 8.78 Å². The quantitative estimate of drug-likeness (QED) is 0.857. The van der Waals surface area contributed by atoms with E-state index in [-0.39, 0.29) is 5.56 Å². The van der Waals surface area contributed by atoms with Gasteiger partial charge in [0.1, 0.15) is 11.6 Å². The average molecular weight is 333 g/mol. The van der Waals surface area contributed by atoms with Crippen LogP contribution in [0.1, 0.15) is 24.8 Å². The van der Waals surface area contributed by atoms with Crippen molar-refractivity contribution in [1.29, 1.82) is 0 Å². The van der Waals surface area contributed by atoms with E-state index in [1.165, 1.54) is 12.1 Å². The first kappa shape index (κ1) is 14.9. The van der Waals surface area contributed by atoms with E-state index in [4.69, 9.17) is 5.73 Å². The first-order valence-corrected chi connectivity index (χ1v) is 7.46. The first-order chi connectivity index (χ1) is 9.11. The molecule has 0 amide bonds. The van der Waals surface area contributed by atoms with Crippen molar-refractivity contribution >= 4 is 15.9 Å². The first-order valence-electron chi connectivity index (χ1n) is 6.66. The maximum Gasteiger partial charge on any atom is 0.144 e. The van der Waals surface area contributed by atoms with E-state index >= 15 is 0 Å². The van der Waals surface area contributed by atoms with E-state index in [0.29, 0.717) is 16.9 Å². The lowest BCUT2D eigenvalue weighted by molar-refractivity contribution is 0.170. The Morgan fingerprint density at radius 1 is 1.26 bits per heavy atom. The third kappa shape index (κ3) is 3.74. The van der Waals surface area contributed by atoms with Crippen LogP contribution in [-0.4, -0.2) is 24.5 Å². The van der Waals surface area contributed by atoms with Gasteiger partial charge >= 0.3 is 0 Å². The molecule has 1 aromatic carbocycles. The van der Waals surface area contributed by atoms with Crippen molar-refractivity contribution in [3.63, 3.8) is 0 Å². The van der Waals surface area contributed by atoms with E-state index in [1.54, 1.807) is 0 Å². The van der Waals surface area contributed by atoms with Crippen LogP contribution in [0.25, 0.3) is 0 Å². The number of hydrogen-bond acceptors (Lipinski definition) is 2. The van der Waals surface area contributed by atoms with Crippen LogP contribution in [0.5, 0.6) is 0 Å². The summed E-state index contributed by atoms with van der Waals surface area (Å²) in [4.78, 5) is 2.11. The van der Waals surface area contributed by atoms with Gasteiger partial charge in [-0.3, -0.25) is 4.90 Å². The molecule has 5 heteroatoms. The molecular formula is C14H19BrF2N2. The smallest absolute Gasteiger partial charge is 0.144 e. The molecule has 0 spiro atoms. The Balaban J connectivity index is 1.98. The van der Waals surface area contributed by atoms with Crippen LogP contribution >= 0.6 is 15.9 Å². The zero-order valence-electron chi connectivity index (χ0n) is 10.8. The average Bonchev–Trinajstić information content (AvgIpc) is 2.41. The molecule has 0 aromatic heterocycles. The molecule has 0 saturated carbocycles. The van der Waals surface area contributed by atoms with Crippen molar-refractivity contribution < 1.29 is 8.78 Å². The molecule has 1 aliphatic heterocycles. The van der Waals surface area contributed by atoms with Gasteiger partial charge in [0.15, 0.2) is 0 Å².